The number of nitriles is 1. The number of nitrogens with zero attached hydrogens (tertiary/aromatic N) is 2. The first kappa shape index (κ1) is 17.4. The van der Waals surface area contributed by atoms with Crippen molar-refractivity contribution >= 4 is 9.84 Å². The molecular formula is C14H27N3O2S. The van der Waals surface area contributed by atoms with Crippen LogP contribution >= 0.6 is 0 Å². The maximum atomic E-state index is 11.5. The van der Waals surface area contributed by atoms with Crippen LogP contribution in [0.25, 0.3) is 0 Å². The Kier molecular flexibility index (Phi) is 5.99. The van der Waals surface area contributed by atoms with Crippen molar-refractivity contribution in [1.82, 2.24) is 10.2 Å². The van der Waals surface area contributed by atoms with Gasteiger partial charge in [0, 0.05) is 12.1 Å². The molecule has 0 aliphatic carbocycles. The minimum Gasteiger partial charge on any atom is -0.302 e. The topological polar surface area (TPSA) is 73.2 Å². The van der Waals surface area contributed by atoms with Crippen LogP contribution in [-0.4, -0.2) is 56.0 Å². The van der Waals surface area contributed by atoms with Crippen LogP contribution in [0.4, 0.5) is 0 Å². The molecule has 116 valence electrons. The monoisotopic (exact) mass is 301 g/mol. The van der Waals surface area contributed by atoms with Crippen LogP contribution in [0.15, 0.2) is 0 Å². The maximum Gasteiger partial charge on any atom is 0.151 e. The standard InChI is InChI=1S/C14H27N3O2S/c1-12(2)16-14(3,11-15)7-5-8-17(4)13-6-9-20(18,19)10-13/h12-13,16H,5-10H2,1-4H3. The third kappa shape index (κ3) is 5.39. The van der Waals surface area contributed by atoms with Gasteiger partial charge >= 0.3 is 0 Å². The van der Waals surface area contributed by atoms with E-state index in [-0.39, 0.29) is 17.8 Å². The smallest absolute Gasteiger partial charge is 0.151 e. The largest absolute Gasteiger partial charge is 0.302 e. The molecule has 1 fully saturated rings. The summed E-state index contributed by atoms with van der Waals surface area (Å²) < 4.78 is 22.9. The Labute approximate surface area is 123 Å². The van der Waals surface area contributed by atoms with Crippen molar-refractivity contribution in [1.29, 1.82) is 5.26 Å². The average molecular weight is 301 g/mol. The van der Waals surface area contributed by atoms with E-state index in [1.165, 1.54) is 0 Å². The first-order valence-corrected chi connectivity index (χ1v) is 9.09. The Balaban J connectivity index is 2.38. The minimum atomic E-state index is -2.82. The molecule has 1 heterocycles. The lowest BCUT2D eigenvalue weighted by molar-refractivity contribution is 0.245. The molecule has 0 amide bonds. The second-order valence-corrected chi connectivity index (χ2v) is 8.61. The Morgan fingerprint density at radius 1 is 1.50 bits per heavy atom. The van der Waals surface area contributed by atoms with Crippen LogP contribution in [0.2, 0.25) is 0 Å². The van der Waals surface area contributed by atoms with Crippen LogP contribution < -0.4 is 5.32 Å². The molecule has 0 aromatic heterocycles. The van der Waals surface area contributed by atoms with Crippen LogP contribution in [0, 0.1) is 11.3 Å². The van der Waals surface area contributed by atoms with Gasteiger partial charge in [0.25, 0.3) is 0 Å². The summed E-state index contributed by atoms with van der Waals surface area (Å²) in [4.78, 5) is 2.12. The van der Waals surface area contributed by atoms with E-state index in [9.17, 15) is 13.7 Å². The summed E-state index contributed by atoms with van der Waals surface area (Å²) >= 11 is 0. The normalized spacial score (nSPS) is 24.8. The van der Waals surface area contributed by atoms with Gasteiger partial charge in [-0.05, 0) is 53.6 Å². The van der Waals surface area contributed by atoms with Crippen LogP contribution in [0.5, 0.6) is 0 Å². The molecule has 0 aromatic rings. The highest BCUT2D eigenvalue weighted by molar-refractivity contribution is 7.91. The number of hydrogen-bond donors (Lipinski definition) is 1. The van der Waals surface area contributed by atoms with E-state index in [0.717, 1.165) is 25.8 Å². The molecule has 2 unspecified atom stereocenters. The summed E-state index contributed by atoms with van der Waals surface area (Å²) in [5.74, 6) is 0.593. The average Bonchev–Trinajstić information content (AvgIpc) is 2.68. The van der Waals surface area contributed by atoms with E-state index < -0.39 is 15.4 Å². The fourth-order valence-corrected chi connectivity index (χ4v) is 4.59. The summed E-state index contributed by atoms with van der Waals surface area (Å²) in [7, 11) is -0.844. The number of hydrogen-bond acceptors (Lipinski definition) is 5. The van der Waals surface area contributed by atoms with Crippen LogP contribution in [0.1, 0.15) is 40.0 Å². The zero-order valence-corrected chi connectivity index (χ0v) is 13.8. The molecule has 6 heteroatoms. The Morgan fingerprint density at radius 2 is 2.15 bits per heavy atom. The lowest BCUT2D eigenvalue weighted by atomic mass is 9.96. The zero-order valence-electron chi connectivity index (χ0n) is 13.0. The van der Waals surface area contributed by atoms with Crippen molar-refractivity contribution in [3.05, 3.63) is 0 Å². The first-order chi connectivity index (χ1) is 9.17. The van der Waals surface area contributed by atoms with Gasteiger partial charge in [-0.1, -0.05) is 0 Å². The molecule has 0 spiro atoms. The molecule has 1 rings (SSSR count). The van der Waals surface area contributed by atoms with Gasteiger partial charge in [0.2, 0.25) is 0 Å². The zero-order chi connectivity index (χ0) is 15.4. The molecule has 1 aliphatic rings. The molecule has 0 bridgehead atoms. The highest BCUT2D eigenvalue weighted by Gasteiger charge is 2.31. The van der Waals surface area contributed by atoms with Gasteiger partial charge in [0.05, 0.1) is 17.6 Å². The fraction of sp³-hybridized carbons (Fsp3) is 0.929. The predicted octanol–water partition coefficient (Wildman–Crippen LogP) is 1.17. The van der Waals surface area contributed by atoms with Crippen LogP contribution in [0.3, 0.4) is 0 Å². The van der Waals surface area contributed by atoms with Gasteiger partial charge in [-0.2, -0.15) is 5.26 Å². The summed E-state index contributed by atoms with van der Waals surface area (Å²) in [5, 5.41) is 12.6. The molecule has 20 heavy (non-hydrogen) atoms. The highest BCUT2D eigenvalue weighted by Crippen LogP contribution is 2.18. The van der Waals surface area contributed by atoms with Gasteiger partial charge < -0.3 is 4.90 Å². The SMILES string of the molecule is CC(C)NC(C)(C#N)CCCN(C)C1CCS(=O)(=O)C1. The van der Waals surface area contributed by atoms with E-state index in [2.05, 4.69) is 16.3 Å². The summed E-state index contributed by atoms with van der Waals surface area (Å²) in [6.45, 7) is 6.82. The molecule has 0 saturated carbocycles. The van der Waals surface area contributed by atoms with E-state index in [0.29, 0.717) is 5.75 Å². The molecule has 1 aliphatic heterocycles. The summed E-state index contributed by atoms with van der Waals surface area (Å²) in [5.41, 5.74) is -0.503. The van der Waals surface area contributed by atoms with Gasteiger partial charge in [-0.3, -0.25) is 5.32 Å². The van der Waals surface area contributed by atoms with Gasteiger partial charge in [-0.15, -0.1) is 0 Å². The summed E-state index contributed by atoms with van der Waals surface area (Å²) in [6.07, 6.45) is 2.39. The fourth-order valence-electron chi connectivity index (χ4n) is 2.79. The number of sulfone groups is 1. The van der Waals surface area contributed by atoms with Crippen molar-refractivity contribution in [2.75, 3.05) is 25.1 Å². The van der Waals surface area contributed by atoms with E-state index in [4.69, 9.17) is 0 Å². The van der Waals surface area contributed by atoms with Crippen molar-refractivity contribution in [2.24, 2.45) is 0 Å². The highest BCUT2D eigenvalue weighted by atomic mass is 32.2. The second kappa shape index (κ2) is 6.88. The van der Waals surface area contributed by atoms with Gasteiger partial charge in [0.15, 0.2) is 9.84 Å². The molecule has 2 atom stereocenters. The maximum absolute atomic E-state index is 11.5. The lowest BCUT2D eigenvalue weighted by Crippen LogP contribution is -2.45. The van der Waals surface area contributed by atoms with E-state index in [1.807, 2.05) is 27.8 Å². The van der Waals surface area contributed by atoms with Crippen molar-refractivity contribution in [2.45, 2.75) is 57.7 Å². The Morgan fingerprint density at radius 3 is 2.60 bits per heavy atom. The number of nitrogens with one attached hydrogen (secondary N) is 1. The molecular weight excluding hydrogens is 274 g/mol. The lowest BCUT2D eigenvalue weighted by Gasteiger charge is -2.28. The number of rotatable bonds is 7. The molecule has 1 saturated heterocycles. The first-order valence-electron chi connectivity index (χ1n) is 7.27. The third-order valence-corrected chi connectivity index (χ3v) is 5.62. The van der Waals surface area contributed by atoms with Crippen molar-refractivity contribution in [3.63, 3.8) is 0 Å². The molecule has 0 aromatic carbocycles. The molecule has 1 N–H and O–H groups in total. The third-order valence-electron chi connectivity index (χ3n) is 3.87. The van der Waals surface area contributed by atoms with Crippen molar-refractivity contribution < 1.29 is 8.42 Å². The minimum absolute atomic E-state index is 0.145. The van der Waals surface area contributed by atoms with Crippen molar-refractivity contribution in [3.8, 4) is 6.07 Å². The quantitative estimate of drug-likeness (QED) is 0.764. The Hall–Kier alpha value is -0.640. The molecule has 0 radical (unpaired) electrons. The van der Waals surface area contributed by atoms with E-state index in [1.54, 1.807) is 0 Å². The Bertz CT molecular complexity index is 456. The summed E-state index contributed by atoms with van der Waals surface area (Å²) in [6, 6.07) is 2.76. The van der Waals surface area contributed by atoms with E-state index >= 15 is 0 Å². The van der Waals surface area contributed by atoms with Gasteiger partial charge in [-0.25, -0.2) is 8.42 Å². The predicted molar refractivity (Wildman–Crippen MR) is 81.2 cm³/mol. The van der Waals surface area contributed by atoms with Crippen LogP contribution in [-0.2, 0) is 9.84 Å². The second-order valence-electron chi connectivity index (χ2n) is 6.38. The van der Waals surface area contributed by atoms with Gasteiger partial charge in [0.1, 0.15) is 5.54 Å². The molecule has 5 nitrogen and oxygen atoms in total.